The second kappa shape index (κ2) is 12.5. The van der Waals surface area contributed by atoms with Crippen molar-refractivity contribution in [1.82, 2.24) is 39.5 Å². The average Bonchev–Trinajstić information content (AvgIpc) is 3.73. The number of nitrogens with zero attached hydrogens (tertiary/aromatic N) is 8. The topological polar surface area (TPSA) is 132 Å². The number of allylic oxidation sites excluding steroid dienone is 1. The van der Waals surface area contributed by atoms with Crippen molar-refractivity contribution in [1.29, 1.82) is 0 Å². The molecule has 2 aliphatic heterocycles. The molecule has 1 atom stereocenters. The van der Waals surface area contributed by atoms with Crippen LogP contribution in [0.4, 0.5) is 22.2 Å². The molecule has 2 saturated heterocycles. The molecule has 13 nitrogen and oxygen atoms in total. The maximum Gasteiger partial charge on any atom is 0.328 e. The van der Waals surface area contributed by atoms with Crippen LogP contribution in [0.1, 0.15) is 55.1 Å². The van der Waals surface area contributed by atoms with E-state index in [1.807, 2.05) is 24.4 Å². The summed E-state index contributed by atoms with van der Waals surface area (Å²) in [5, 5.41) is 6.51. The summed E-state index contributed by atoms with van der Waals surface area (Å²) in [6.07, 6.45) is 15.5. The highest BCUT2D eigenvalue weighted by Gasteiger charge is 2.29. The molecule has 1 unspecified atom stereocenters. The van der Waals surface area contributed by atoms with Gasteiger partial charge in [0.1, 0.15) is 17.2 Å². The number of nitrogens with one attached hydrogen (secondary N) is 2. The van der Waals surface area contributed by atoms with Crippen LogP contribution >= 0.6 is 0 Å². The van der Waals surface area contributed by atoms with Gasteiger partial charge in [0, 0.05) is 82.6 Å². The number of amides is 4. The van der Waals surface area contributed by atoms with Gasteiger partial charge in [0.2, 0.25) is 11.9 Å². The average molecular weight is 625 g/mol. The van der Waals surface area contributed by atoms with Gasteiger partial charge in [0.25, 0.3) is 5.91 Å². The van der Waals surface area contributed by atoms with Gasteiger partial charge in [0.05, 0.1) is 11.9 Å². The second-order valence-electron chi connectivity index (χ2n) is 12.6. The number of fused-ring (bicyclic) bond motifs is 1. The standard InChI is InChI=1S/C33H40N10O3/c1-39(2)31(45)27-19-22-20-35-32(38-30(22)43(27)25-5-3-4-6-25)36-28-12-11-26(21-34-28)41-17-15-40(16-18-41)23-7-9-24(10-8-23)42-14-13-29(44)37-33(42)46/h7,9-12,19-21,23,25H,3-6,8,13-18H2,1-2H3,(H,37,44,46)(H,34,35,36,38). The van der Waals surface area contributed by atoms with E-state index in [1.54, 1.807) is 30.1 Å². The zero-order chi connectivity index (χ0) is 31.8. The molecule has 7 rings (SSSR count). The maximum absolute atomic E-state index is 13.0. The highest BCUT2D eigenvalue weighted by Crippen LogP contribution is 2.35. The Bertz CT molecular complexity index is 1700. The van der Waals surface area contributed by atoms with Crippen molar-refractivity contribution in [2.75, 3.05) is 57.0 Å². The number of aromatic nitrogens is 4. The Morgan fingerprint density at radius 2 is 1.83 bits per heavy atom. The fourth-order valence-electron chi connectivity index (χ4n) is 6.95. The number of rotatable bonds is 7. The number of piperazine rings is 1. The quantitative estimate of drug-likeness (QED) is 0.404. The van der Waals surface area contributed by atoms with E-state index in [4.69, 9.17) is 4.98 Å². The first-order valence-electron chi connectivity index (χ1n) is 16.2. The van der Waals surface area contributed by atoms with Crippen LogP contribution in [0.25, 0.3) is 11.0 Å². The fourth-order valence-corrected chi connectivity index (χ4v) is 6.95. The first kappa shape index (κ1) is 29.9. The molecule has 0 spiro atoms. The van der Waals surface area contributed by atoms with Gasteiger partial charge in [-0.25, -0.2) is 14.8 Å². The van der Waals surface area contributed by atoms with Gasteiger partial charge < -0.3 is 19.7 Å². The van der Waals surface area contributed by atoms with Gasteiger partial charge in [0.15, 0.2) is 0 Å². The smallest absolute Gasteiger partial charge is 0.328 e. The highest BCUT2D eigenvalue weighted by molar-refractivity contribution is 5.98. The van der Waals surface area contributed by atoms with E-state index in [9.17, 15) is 14.4 Å². The Kier molecular flexibility index (Phi) is 8.16. The van der Waals surface area contributed by atoms with Crippen molar-refractivity contribution in [2.24, 2.45) is 0 Å². The molecule has 240 valence electrons. The Labute approximate surface area is 267 Å². The number of urea groups is 1. The van der Waals surface area contributed by atoms with E-state index in [0.717, 1.165) is 80.7 Å². The fraction of sp³-hybridized carbons (Fsp3) is 0.455. The number of hydrogen-bond donors (Lipinski definition) is 2. The number of imide groups is 1. The van der Waals surface area contributed by atoms with Crippen molar-refractivity contribution in [3.05, 3.63) is 60.2 Å². The lowest BCUT2D eigenvalue weighted by Crippen LogP contribution is -2.51. The minimum atomic E-state index is -0.344. The molecule has 1 saturated carbocycles. The summed E-state index contributed by atoms with van der Waals surface area (Å²) in [4.78, 5) is 58.8. The summed E-state index contributed by atoms with van der Waals surface area (Å²) >= 11 is 0. The summed E-state index contributed by atoms with van der Waals surface area (Å²) < 4.78 is 2.11. The minimum Gasteiger partial charge on any atom is -0.368 e. The third-order valence-electron chi connectivity index (χ3n) is 9.45. The molecule has 2 N–H and O–H groups in total. The Hall–Kier alpha value is -4.78. The van der Waals surface area contributed by atoms with Crippen LogP contribution in [0.5, 0.6) is 0 Å². The first-order valence-corrected chi connectivity index (χ1v) is 16.2. The zero-order valence-electron chi connectivity index (χ0n) is 26.4. The number of pyridine rings is 1. The van der Waals surface area contributed by atoms with Crippen LogP contribution in [-0.2, 0) is 4.79 Å². The number of carbonyl (C=O) groups is 3. The molecule has 2 aliphatic carbocycles. The van der Waals surface area contributed by atoms with Gasteiger partial charge in [-0.1, -0.05) is 25.0 Å². The van der Waals surface area contributed by atoms with E-state index >= 15 is 0 Å². The molecule has 3 fully saturated rings. The molecule has 13 heteroatoms. The molecule has 0 bridgehead atoms. The van der Waals surface area contributed by atoms with Crippen LogP contribution < -0.4 is 15.5 Å². The molecule has 4 aliphatic rings. The third kappa shape index (κ3) is 5.94. The zero-order valence-corrected chi connectivity index (χ0v) is 26.4. The lowest BCUT2D eigenvalue weighted by atomic mass is 10.0. The molecule has 0 radical (unpaired) electrons. The number of hydrogen-bond acceptors (Lipinski definition) is 9. The van der Waals surface area contributed by atoms with Crippen LogP contribution in [0.15, 0.2) is 54.5 Å². The molecule has 5 heterocycles. The van der Waals surface area contributed by atoms with Gasteiger partial charge in [-0.15, -0.1) is 0 Å². The maximum atomic E-state index is 13.0. The van der Waals surface area contributed by atoms with Crippen LogP contribution in [0.2, 0.25) is 0 Å². The van der Waals surface area contributed by atoms with Crippen molar-refractivity contribution < 1.29 is 14.4 Å². The third-order valence-corrected chi connectivity index (χ3v) is 9.45. The Balaban J connectivity index is 0.968. The van der Waals surface area contributed by atoms with E-state index in [2.05, 4.69) is 53.2 Å². The van der Waals surface area contributed by atoms with Crippen molar-refractivity contribution in [3.8, 4) is 0 Å². The molecule has 3 aromatic heterocycles. The SMILES string of the molecule is CN(C)C(=O)c1cc2cnc(Nc3ccc(N4CCN(C5C=CC(N6CCC(=O)NC6=O)=CC5)CC4)cn3)nc2n1C1CCCC1. The molecule has 0 aromatic carbocycles. The predicted molar refractivity (Wildman–Crippen MR) is 175 cm³/mol. The molecule has 3 aromatic rings. The Morgan fingerprint density at radius 1 is 1.02 bits per heavy atom. The van der Waals surface area contributed by atoms with Gasteiger partial charge in [-0.2, -0.15) is 4.98 Å². The van der Waals surface area contributed by atoms with Gasteiger partial charge in [-0.05, 0) is 43.5 Å². The summed E-state index contributed by atoms with van der Waals surface area (Å²) in [6.45, 7) is 4.03. The second-order valence-corrected chi connectivity index (χ2v) is 12.6. The first-order chi connectivity index (χ1) is 22.3. The molecular formula is C33H40N10O3. The summed E-state index contributed by atoms with van der Waals surface area (Å²) in [5.41, 5.74) is 3.36. The van der Waals surface area contributed by atoms with E-state index in [1.165, 1.54) is 0 Å². The lowest BCUT2D eigenvalue weighted by molar-refractivity contribution is -0.121. The van der Waals surface area contributed by atoms with Crippen LogP contribution in [-0.4, -0.2) is 105 Å². The minimum absolute atomic E-state index is 0.0262. The summed E-state index contributed by atoms with van der Waals surface area (Å²) in [5.74, 6) is 0.868. The monoisotopic (exact) mass is 624 g/mol. The number of carbonyl (C=O) groups excluding carboxylic acids is 3. The molecule has 4 amide bonds. The normalized spacial score (nSPS) is 21.1. The highest BCUT2D eigenvalue weighted by atomic mass is 16.2. The van der Waals surface area contributed by atoms with Crippen molar-refractivity contribution in [3.63, 3.8) is 0 Å². The van der Waals surface area contributed by atoms with Crippen LogP contribution in [0, 0.1) is 0 Å². The van der Waals surface area contributed by atoms with Crippen molar-refractivity contribution in [2.45, 2.75) is 50.6 Å². The molecular weight excluding hydrogens is 584 g/mol. The number of anilines is 3. The molecule has 46 heavy (non-hydrogen) atoms. The van der Waals surface area contributed by atoms with E-state index < -0.39 is 0 Å². The summed E-state index contributed by atoms with van der Waals surface area (Å²) in [7, 11) is 3.55. The predicted octanol–water partition coefficient (Wildman–Crippen LogP) is 3.66. The van der Waals surface area contributed by atoms with Gasteiger partial charge >= 0.3 is 6.03 Å². The van der Waals surface area contributed by atoms with E-state index in [0.29, 0.717) is 30.4 Å². The summed E-state index contributed by atoms with van der Waals surface area (Å²) in [6, 6.07) is 6.13. The lowest BCUT2D eigenvalue weighted by Gasteiger charge is -2.40. The van der Waals surface area contributed by atoms with Crippen molar-refractivity contribution >= 4 is 46.3 Å². The Morgan fingerprint density at radius 3 is 2.50 bits per heavy atom. The van der Waals surface area contributed by atoms with E-state index in [-0.39, 0.29) is 29.9 Å². The van der Waals surface area contributed by atoms with Gasteiger partial charge in [-0.3, -0.25) is 24.7 Å². The van der Waals surface area contributed by atoms with Crippen LogP contribution in [0.3, 0.4) is 0 Å². The largest absolute Gasteiger partial charge is 0.368 e.